The van der Waals surface area contributed by atoms with Crippen LogP contribution in [-0.2, 0) is 4.79 Å². The van der Waals surface area contributed by atoms with Crippen molar-refractivity contribution in [2.75, 3.05) is 5.32 Å². The molecule has 0 saturated heterocycles. The highest BCUT2D eigenvalue weighted by Gasteiger charge is 2.25. The molecule has 0 atom stereocenters. The van der Waals surface area contributed by atoms with Crippen molar-refractivity contribution < 1.29 is 4.79 Å². The number of carbonyl (C=O) groups excluding carboxylic acids is 1. The summed E-state index contributed by atoms with van der Waals surface area (Å²) in [5.41, 5.74) is 2.04. The van der Waals surface area contributed by atoms with Crippen molar-refractivity contribution in [2.45, 2.75) is 46.0 Å². The molecular weight excluding hydrogens is 302 g/mol. The molecule has 1 aromatic rings. The van der Waals surface area contributed by atoms with Gasteiger partial charge >= 0.3 is 0 Å². The van der Waals surface area contributed by atoms with E-state index in [1.165, 1.54) is 19.3 Å². The second-order valence-corrected chi connectivity index (χ2v) is 6.49. The second-order valence-electron chi connectivity index (χ2n) is 5.57. The van der Waals surface area contributed by atoms with Crippen LogP contribution in [0, 0.1) is 18.8 Å². The molecular formula is C16H22BrNO. The Bertz CT molecular complexity index is 450. The maximum absolute atomic E-state index is 12.3. The zero-order valence-electron chi connectivity index (χ0n) is 11.7. The lowest BCUT2D eigenvalue weighted by Crippen LogP contribution is -2.27. The molecule has 1 aliphatic rings. The van der Waals surface area contributed by atoms with E-state index in [9.17, 15) is 4.79 Å². The molecule has 2 nitrogen and oxygen atoms in total. The maximum atomic E-state index is 12.3. The zero-order valence-corrected chi connectivity index (χ0v) is 13.3. The van der Waals surface area contributed by atoms with E-state index in [2.05, 4.69) is 28.2 Å². The molecule has 0 aromatic heterocycles. The minimum absolute atomic E-state index is 0.194. The first-order valence-corrected chi connectivity index (χ1v) is 7.96. The number of halogens is 1. The Morgan fingerprint density at radius 3 is 2.58 bits per heavy atom. The summed E-state index contributed by atoms with van der Waals surface area (Å²) < 4.78 is 1.05. The van der Waals surface area contributed by atoms with Crippen molar-refractivity contribution in [1.29, 1.82) is 0 Å². The molecule has 1 amide bonds. The molecule has 2 rings (SSSR count). The summed E-state index contributed by atoms with van der Waals surface area (Å²) in [5, 5.41) is 3.08. The molecule has 1 aliphatic carbocycles. The quantitative estimate of drug-likeness (QED) is 0.841. The Kier molecular flexibility index (Phi) is 5.03. The number of nitrogens with one attached hydrogen (secondary N) is 1. The lowest BCUT2D eigenvalue weighted by Gasteiger charge is -2.27. The molecule has 0 unspecified atom stereocenters. The summed E-state index contributed by atoms with van der Waals surface area (Å²) in [7, 11) is 0. The SMILES string of the molecule is CCC1CCC(C(=O)Nc2ccc(Br)cc2C)CC1. The molecule has 104 valence electrons. The number of anilines is 1. The largest absolute Gasteiger partial charge is 0.326 e. The molecule has 19 heavy (non-hydrogen) atoms. The van der Waals surface area contributed by atoms with Gasteiger partial charge in [-0.25, -0.2) is 0 Å². The van der Waals surface area contributed by atoms with Gasteiger partial charge in [-0.2, -0.15) is 0 Å². The van der Waals surface area contributed by atoms with E-state index in [1.54, 1.807) is 0 Å². The van der Waals surface area contributed by atoms with Gasteiger partial charge in [-0.15, -0.1) is 0 Å². The first kappa shape index (κ1) is 14.6. The van der Waals surface area contributed by atoms with Gasteiger partial charge in [0.05, 0.1) is 0 Å². The van der Waals surface area contributed by atoms with Crippen molar-refractivity contribution in [3.05, 3.63) is 28.2 Å². The van der Waals surface area contributed by atoms with E-state index in [1.807, 2.05) is 25.1 Å². The lowest BCUT2D eigenvalue weighted by atomic mass is 9.80. The van der Waals surface area contributed by atoms with Crippen molar-refractivity contribution >= 4 is 27.5 Å². The predicted molar refractivity (Wildman–Crippen MR) is 83.2 cm³/mol. The number of benzene rings is 1. The Balaban J connectivity index is 1.94. The van der Waals surface area contributed by atoms with E-state index >= 15 is 0 Å². The van der Waals surface area contributed by atoms with Crippen molar-refractivity contribution in [1.82, 2.24) is 0 Å². The molecule has 1 aromatic carbocycles. The topological polar surface area (TPSA) is 29.1 Å². The minimum Gasteiger partial charge on any atom is -0.326 e. The summed E-state index contributed by atoms with van der Waals surface area (Å²) >= 11 is 3.44. The van der Waals surface area contributed by atoms with Crippen LogP contribution in [0.3, 0.4) is 0 Å². The van der Waals surface area contributed by atoms with Gasteiger partial charge in [-0.3, -0.25) is 4.79 Å². The summed E-state index contributed by atoms with van der Waals surface area (Å²) in [6.45, 7) is 4.27. The van der Waals surface area contributed by atoms with Crippen LogP contribution >= 0.6 is 15.9 Å². The van der Waals surface area contributed by atoms with Crippen LogP contribution in [0.5, 0.6) is 0 Å². The normalized spacial score (nSPS) is 23.1. The van der Waals surface area contributed by atoms with Crippen LogP contribution in [0.15, 0.2) is 22.7 Å². The average molecular weight is 324 g/mol. The lowest BCUT2D eigenvalue weighted by molar-refractivity contribution is -0.121. The van der Waals surface area contributed by atoms with Crippen LogP contribution in [0.4, 0.5) is 5.69 Å². The Morgan fingerprint density at radius 2 is 2.00 bits per heavy atom. The van der Waals surface area contributed by atoms with Gasteiger partial charge in [0.2, 0.25) is 5.91 Å². The van der Waals surface area contributed by atoms with E-state index in [0.717, 1.165) is 34.5 Å². The first-order valence-electron chi connectivity index (χ1n) is 7.17. The van der Waals surface area contributed by atoms with E-state index in [-0.39, 0.29) is 11.8 Å². The molecule has 0 bridgehead atoms. The fourth-order valence-corrected chi connectivity index (χ4v) is 3.31. The van der Waals surface area contributed by atoms with Crippen LogP contribution in [-0.4, -0.2) is 5.91 Å². The van der Waals surface area contributed by atoms with Crippen molar-refractivity contribution in [3.63, 3.8) is 0 Å². The number of hydrogen-bond donors (Lipinski definition) is 1. The Hall–Kier alpha value is -0.830. The van der Waals surface area contributed by atoms with Crippen molar-refractivity contribution in [3.8, 4) is 0 Å². The van der Waals surface area contributed by atoms with E-state index in [0.29, 0.717) is 0 Å². The molecule has 1 N–H and O–H groups in total. The fourth-order valence-electron chi connectivity index (χ4n) is 2.84. The van der Waals surface area contributed by atoms with Crippen LogP contribution < -0.4 is 5.32 Å². The van der Waals surface area contributed by atoms with E-state index in [4.69, 9.17) is 0 Å². The molecule has 1 saturated carbocycles. The van der Waals surface area contributed by atoms with Gasteiger partial charge in [0.25, 0.3) is 0 Å². The fraction of sp³-hybridized carbons (Fsp3) is 0.562. The average Bonchev–Trinajstić information content (AvgIpc) is 2.42. The van der Waals surface area contributed by atoms with Gasteiger partial charge in [0.15, 0.2) is 0 Å². The second kappa shape index (κ2) is 6.56. The minimum atomic E-state index is 0.194. The number of carbonyl (C=O) groups is 1. The Labute approximate surface area is 124 Å². The number of amides is 1. The van der Waals surface area contributed by atoms with Crippen LogP contribution in [0.1, 0.15) is 44.6 Å². The molecule has 1 fully saturated rings. The number of aryl methyl sites for hydroxylation is 1. The number of rotatable bonds is 3. The summed E-state index contributed by atoms with van der Waals surface area (Å²) in [4.78, 5) is 12.3. The molecule has 0 radical (unpaired) electrons. The van der Waals surface area contributed by atoms with Gasteiger partial charge < -0.3 is 5.32 Å². The number of hydrogen-bond acceptors (Lipinski definition) is 1. The van der Waals surface area contributed by atoms with Gasteiger partial charge in [-0.05, 0) is 62.3 Å². The third kappa shape index (κ3) is 3.82. The summed E-state index contributed by atoms with van der Waals surface area (Å²) in [6.07, 6.45) is 5.74. The highest BCUT2D eigenvalue weighted by molar-refractivity contribution is 9.10. The third-order valence-corrected chi connectivity index (χ3v) is 4.73. The monoisotopic (exact) mass is 323 g/mol. The van der Waals surface area contributed by atoms with Gasteiger partial charge in [0.1, 0.15) is 0 Å². The highest BCUT2D eigenvalue weighted by Crippen LogP contribution is 2.31. The molecule has 0 aliphatic heterocycles. The molecule has 0 spiro atoms. The molecule has 3 heteroatoms. The van der Waals surface area contributed by atoms with E-state index < -0.39 is 0 Å². The highest BCUT2D eigenvalue weighted by atomic mass is 79.9. The first-order chi connectivity index (χ1) is 9.10. The van der Waals surface area contributed by atoms with Crippen LogP contribution in [0.2, 0.25) is 0 Å². The van der Waals surface area contributed by atoms with Crippen molar-refractivity contribution in [2.24, 2.45) is 11.8 Å². The molecule has 0 heterocycles. The Morgan fingerprint density at radius 1 is 1.32 bits per heavy atom. The van der Waals surface area contributed by atoms with Crippen LogP contribution in [0.25, 0.3) is 0 Å². The summed E-state index contributed by atoms with van der Waals surface area (Å²) in [5.74, 6) is 1.23. The smallest absolute Gasteiger partial charge is 0.227 e. The predicted octanol–water partition coefficient (Wildman–Crippen LogP) is 4.91. The summed E-state index contributed by atoms with van der Waals surface area (Å²) in [6, 6.07) is 5.97. The standard InChI is InChI=1S/C16H22BrNO/c1-3-12-4-6-13(7-5-12)16(19)18-15-9-8-14(17)10-11(15)2/h8-10,12-13H,3-7H2,1-2H3,(H,18,19). The van der Waals surface area contributed by atoms with Gasteiger partial charge in [-0.1, -0.05) is 29.3 Å². The zero-order chi connectivity index (χ0) is 13.8. The maximum Gasteiger partial charge on any atom is 0.227 e. The third-order valence-electron chi connectivity index (χ3n) is 4.24. The van der Waals surface area contributed by atoms with Gasteiger partial charge in [0, 0.05) is 16.1 Å².